The van der Waals surface area contributed by atoms with Gasteiger partial charge in [0.05, 0.1) is 21.6 Å². The number of imide groups is 1. The summed E-state index contributed by atoms with van der Waals surface area (Å²) >= 11 is 0. The number of benzene rings is 2. The second-order valence-corrected chi connectivity index (χ2v) is 9.49. The number of non-ortho nitro benzene ring substituents is 1. The van der Waals surface area contributed by atoms with Crippen LogP contribution in [0.1, 0.15) is 11.1 Å². The van der Waals surface area contributed by atoms with Crippen molar-refractivity contribution in [3.05, 3.63) is 76.1 Å². The van der Waals surface area contributed by atoms with Crippen molar-refractivity contribution in [1.29, 1.82) is 0 Å². The van der Waals surface area contributed by atoms with Crippen LogP contribution in [0.3, 0.4) is 0 Å². The maximum atomic E-state index is 13.6. The summed E-state index contributed by atoms with van der Waals surface area (Å²) in [5.74, 6) is -1.64. The van der Waals surface area contributed by atoms with Crippen molar-refractivity contribution in [3.63, 3.8) is 0 Å². The molecule has 1 atom stereocenters. The van der Waals surface area contributed by atoms with Gasteiger partial charge < -0.3 is 18.9 Å². The molecule has 0 saturated carbocycles. The van der Waals surface area contributed by atoms with E-state index >= 15 is 0 Å². The molecule has 2 amide bonds. The summed E-state index contributed by atoms with van der Waals surface area (Å²) < 4.78 is 19.0. The maximum Gasteiger partial charge on any atom is 1.00 e. The summed E-state index contributed by atoms with van der Waals surface area (Å²) in [4.78, 5) is 58.6. The van der Waals surface area contributed by atoms with Crippen LogP contribution in [0.15, 0.2) is 54.9 Å². The second kappa shape index (κ2) is 9.66. The van der Waals surface area contributed by atoms with E-state index in [9.17, 15) is 29.2 Å². The van der Waals surface area contributed by atoms with Crippen LogP contribution in [0, 0.1) is 10.1 Å². The molecule has 0 bridgehead atoms. The fourth-order valence-corrected chi connectivity index (χ4v) is 4.81. The fourth-order valence-electron chi connectivity index (χ4n) is 4.55. The second-order valence-electron chi connectivity index (χ2n) is 8.30. The average molecular weight is 532 g/mol. The smallest absolute Gasteiger partial charge is 0.756 e. The van der Waals surface area contributed by atoms with Crippen LogP contribution in [0.25, 0.3) is 33.0 Å². The van der Waals surface area contributed by atoms with Gasteiger partial charge in [0, 0.05) is 66.0 Å². The SMILES string of the molecule is Cn1cc(C2=C(c3cn(C)c4cc([N+](=O)[O-])ccc34)C(=O)N(COP(=O)([O-])O)C2=O)c2ccccc21.[Na+]. The Bertz CT molecular complexity index is 1700. The number of fused-ring (bicyclic) bond motifs is 2. The van der Waals surface area contributed by atoms with Crippen molar-refractivity contribution in [2.75, 3.05) is 6.73 Å². The van der Waals surface area contributed by atoms with E-state index in [2.05, 4.69) is 4.52 Å². The van der Waals surface area contributed by atoms with Gasteiger partial charge in [0.15, 0.2) is 0 Å². The number of aryl methyl sites for hydroxylation is 2. The minimum Gasteiger partial charge on any atom is -0.756 e. The Morgan fingerprint density at radius 3 is 2.05 bits per heavy atom. The van der Waals surface area contributed by atoms with E-state index in [1.807, 2.05) is 12.1 Å². The number of carbonyl (C=O) groups is 2. The number of para-hydroxylation sites is 1. The Morgan fingerprint density at radius 1 is 0.946 bits per heavy atom. The number of phosphoric ester groups is 1. The molecule has 0 fully saturated rings. The zero-order valence-electron chi connectivity index (χ0n) is 19.9. The van der Waals surface area contributed by atoms with Gasteiger partial charge in [-0.05, 0) is 12.1 Å². The Balaban J connectivity index is 0.00000320. The molecule has 2 aromatic heterocycles. The van der Waals surface area contributed by atoms with E-state index in [-0.39, 0.29) is 46.4 Å². The molecule has 1 N–H and O–H groups in total. The number of hydrogen-bond donors (Lipinski definition) is 1. The van der Waals surface area contributed by atoms with Gasteiger partial charge in [0.25, 0.3) is 25.3 Å². The van der Waals surface area contributed by atoms with Crippen molar-refractivity contribution in [2.45, 2.75) is 0 Å². The largest absolute Gasteiger partial charge is 1.00 e. The number of nitro groups is 1. The summed E-state index contributed by atoms with van der Waals surface area (Å²) in [6.45, 7) is -1.01. The molecule has 14 heteroatoms. The number of hydrogen-bond acceptors (Lipinski definition) is 7. The first-order valence-electron chi connectivity index (χ1n) is 10.5. The van der Waals surface area contributed by atoms with Crippen LogP contribution < -0.4 is 34.5 Å². The van der Waals surface area contributed by atoms with Crippen LogP contribution in [0.2, 0.25) is 0 Å². The van der Waals surface area contributed by atoms with Crippen LogP contribution in [0.5, 0.6) is 0 Å². The predicted octanol–water partition coefficient (Wildman–Crippen LogP) is -0.703. The molecule has 184 valence electrons. The molecule has 37 heavy (non-hydrogen) atoms. The van der Waals surface area contributed by atoms with Crippen LogP contribution >= 0.6 is 7.82 Å². The van der Waals surface area contributed by atoms with Crippen molar-refractivity contribution in [1.82, 2.24) is 14.0 Å². The molecule has 12 nitrogen and oxygen atoms in total. The molecule has 3 heterocycles. The van der Waals surface area contributed by atoms with E-state index in [4.69, 9.17) is 4.89 Å². The van der Waals surface area contributed by atoms with E-state index < -0.39 is 31.3 Å². The average Bonchev–Trinajstić information content (AvgIpc) is 3.41. The number of rotatable bonds is 6. The number of phosphoric acid groups is 1. The molecule has 5 rings (SSSR count). The van der Waals surface area contributed by atoms with E-state index in [1.54, 1.807) is 47.8 Å². The van der Waals surface area contributed by atoms with Gasteiger partial charge >= 0.3 is 29.6 Å². The third-order valence-corrected chi connectivity index (χ3v) is 6.58. The van der Waals surface area contributed by atoms with Crippen molar-refractivity contribution in [3.8, 4) is 0 Å². The van der Waals surface area contributed by atoms with Crippen molar-refractivity contribution >= 4 is 58.3 Å². The third-order valence-electron chi connectivity index (χ3n) is 6.14. The summed E-state index contributed by atoms with van der Waals surface area (Å²) in [5.41, 5.74) is 1.89. The molecule has 0 saturated heterocycles. The Morgan fingerprint density at radius 2 is 1.49 bits per heavy atom. The number of carbonyl (C=O) groups excluding carboxylic acids is 2. The summed E-state index contributed by atoms with van der Waals surface area (Å²) in [5, 5.41) is 12.4. The standard InChI is InChI=1S/C23H19N4O8P.Na/c1-24-10-16(14-5-3-4-6-18(14)24)20-21(23(29)26(22(20)28)12-35-36(32,33)34)17-11-25(2)19-9-13(27(30)31)7-8-15(17)19;/h3-11H,12H2,1-2H3,(H2,32,33,34);/q;+1/p-1. The minimum atomic E-state index is -5.23. The van der Waals surface area contributed by atoms with Crippen LogP contribution in [0.4, 0.5) is 5.69 Å². The predicted molar refractivity (Wildman–Crippen MR) is 127 cm³/mol. The van der Waals surface area contributed by atoms with Crippen LogP contribution in [-0.2, 0) is 32.8 Å². The monoisotopic (exact) mass is 532 g/mol. The third kappa shape index (κ3) is 4.57. The number of nitro benzene ring substituents is 1. The van der Waals surface area contributed by atoms with Crippen molar-refractivity contribution in [2.24, 2.45) is 14.1 Å². The molecular weight excluding hydrogens is 514 g/mol. The normalized spacial score (nSPS) is 15.5. The van der Waals surface area contributed by atoms with E-state index in [1.165, 1.54) is 18.2 Å². The fraction of sp³-hybridized carbons (Fsp3) is 0.130. The molecule has 2 aromatic carbocycles. The maximum absolute atomic E-state index is 13.6. The summed E-state index contributed by atoms with van der Waals surface area (Å²) in [7, 11) is -1.80. The van der Waals surface area contributed by atoms with Crippen molar-refractivity contribution < 1.29 is 62.9 Å². The van der Waals surface area contributed by atoms with Gasteiger partial charge in [0.1, 0.15) is 6.73 Å². The zero-order chi connectivity index (χ0) is 25.9. The molecule has 0 radical (unpaired) electrons. The molecule has 1 aliphatic heterocycles. The topological polar surface area (TPSA) is 160 Å². The zero-order valence-corrected chi connectivity index (χ0v) is 22.8. The first-order chi connectivity index (χ1) is 17.0. The quantitative estimate of drug-likeness (QED) is 0.112. The van der Waals surface area contributed by atoms with Gasteiger partial charge in [-0.2, -0.15) is 0 Å². The Kier molecular flexibility index (Phi) is 7.04. The van der Waals surface area contributed by atoms with Gasteiger partial charge in [-0.3, -0.25) is 28.8 Å². The minimum absolute atomic E-state index is 0. The number of nitrogens with zero attached hydrogens (tertiary/aromatic N) is 4. The Labute approximate surface area is 231 Å². The molecule has 1 unspecified atom stereocenters. The van der Waals surface area contributed by atoms with Crippen LogP contribution in [-0.4, -0.2) is 42.4 Å². The van der Waals surface area contributed by atoms with E-state index in [0.29, 0.717) is 32.3 Å². The molecule has 0 spiro atoms. The van der Waals surface area contributed by atoms with E-state index in [0.717, 1.165) is 5.52 Å². The molecule has 4 aromatic rings. The number of amides is 2. The van der Waals surface area contributed by atoms with Gasteiger partial charge in [-0.15, -0.1) is 0 Å². The summed E-state index contributed by atoms with van der Waals surface area (Å²) in [6, 6.07) is 11.4. The molecule has 1 aliphatic rings. The summed E-state index contributed by atoms with van der Waals surface area (Å²) in [6.07, 6.45) is 3.27. The van der Waals surface area contributed by atoms with Gasteiger partial charge in [-0.1, -0.05) is 18.2 Å². The van der Waals surface area contributed by atoms with Gasteiger partial charge in [-0.25, -0.2) is 4.90 Å². The van der Waals surface area contributed by atoms with Gasteiger partial charge in [0.2, 0.25) is 0 Å². The molecular formula is C23H18N4NaO8P. The molecule has 0 aliphatic carbocycles. The number of aromatic nitrogens is 2. The first-order valence-corrected chi connectivity index (χ1v) is 12.0. The Hall–Kier alpha value is -3.09. The first kappa shape index (κ1) is 27.0.